The number of ether oxygens (including phenoxy) is 1. The van der Waals surface area contributed by atoms with Crippen molar-refractivity contribution in [1.82, 2.24) is 0 Å². The summed E-state index contributed by atoms with van der Waals surface area (Å²) in [5, 5.41) is 0. The molecule has 0 radical (unpaired) electrons. The standard InChI is InChI=1S/C9H19NO2/c1-7(2)12-9(11)5-4-8(3)6-10/h7-8H,4-6,10H2,1-3H3. The van der Waals surface area contributed by atoms with Gasteiger partial charge in [-0.2, -0.15) is 0 Å². The SMILES string of the molecule is CC(CN)CCC(=O)OC(C)C. The molecule has 0 aromatic carbocycles. The summed E-state index contributed by atoms with van der Waals surface area (Å²) in [6.07, 6.45) is 1.30. The van der Waals surface area contributed by atoms with E-state index in [0.717, 1.165) is 6.42 Å². The topological polar surface area (TPSA) is 52.3 Å². The molecule has 0 heterocycles. The fourth-order valence-corrected chi connectivity index (χ4v) is 0.804. The molecule has 1 atom stereocenters. The molecule has 0 saturated carbocycles. The van der Waals surface area contributed by atoms with E-state index in [1.54, 1.807) is 0 Å². The number of nitrogens with two attached hydrogens (primary N) is 1. The highest BCUT2D eigenvalue weighted by molar-refractivity contribution is 5.69. The van der Waals surface area contributed by atoms with Crippen LogP contribution in [0, 0.1) is 5.92 Å². The Kier molecular flexibility index (Phi) is 5.72. The Hall–Kier alpha value is -0.570. The van der Waals surface area contributed by atoms with Gasteiger partial charge in [-0.3, -0.25) is 4.79 Å². The lowest BCUT2D eigenvalue weighted by atomic mass is 10.1. The molecule has 0 spiro atoms. The normalized spacial score (nSPS) is 13.1. The zero-order chi connectivity index (χ0) is 9.56. The van der Waals surface area contributed by atoms with Crippen molar-refractivity contribution in [3.05, 3.63) is 0 Å². The van der Waals surface area contributed by atoms with Gasteiger partial charge in [-0.1, -0.05) is 6.92 Å². The molecule has 72 valence electrons. The molecule has 0 saturated heterocycles. The molecular weight excluding hydrogens is 154 g/mol. The first-order valence-corrected chi connectivity index (χ1v) is 4.45. The van der Waals surface area contributed by atoms with Gasteiger partial charge in [-0.25, -0.2) is 0 Å². The summed E-state index contributed by atoms with van der Waals surface area (Å²) in [4.78, 5) is 11.0. The Morgan fingerprint density at radius 1 is 1.42 bits per heavy atom. The predicted octanol–water partition coefficient (Wildman–Crippen LogP) is 1.31. The smallest absolute Gasteiger partial charge is 0.306 e. The summed E-state index contributed by atoms with van der Waals surface area (Å²) in [6.45, 7) is 6.37. The third kappa shape index (κ3) is 6.16. The van der Waals surface area contributed by atoms with Gasteiger partial charge in [0.15, 0.2) is 0 Å². The van der Waals surface area contributed by atoms with Gasteiger partial charge in [0, 0.05) is 6.42 Å². The van der Waals surface area contributed by atoms with Gasteiger partial charge in [0.05, 0.1) is 6.10 Å². The lowest BCUT2D eigenvalue weighted by Crippen LogP contribution is -2.15. The van der Waals surface area contributed by atoms with E-state index in [-0.39, 0.29) is 12.1 Å². The van der Waals surface area contributed by atoms with Crippen LogP contribution < -0.4 is 5.73 Å². The highest BCUT2D eigenvalue weighted by Gasteiger charge is 2.07. The highest BCUT2D eigenvalue weighted by atomic mass is 16.5. The minimum atomic E-state index is -0.120. The highest BCUT2D eigenvalue weighted by Crippen LogP contribution is 2.05. The molecule has 0 aliphatic heterocycles. The van der Waals surface area contributed by atoms with Crippen molar-refractivity contribution in [3.8, 4) is 0 Å². The largest absolute Gasteiger partial charge is 0.463 e. The summed E-state index contributed by atoms with van der Waals surface area (Å²) in [6, 6.07) is 0. The minimum absolute atomic E-state index is 0.00863. The van der Waals surface area contributed by atoms with Gasteiger partial charge in [0.25, 0.3) is 0 Å². The third-order valence-corrected chi connectivity index (χ3v) is 1.61. The first kappa shape index (κ1) is 11.4. The summed E-state index contributed by atoms with van der Waals surface area (Å²) >= 11 is 0. The lowest BCUT2D eigenvalue weighted by molar-refractivity contribution is -0.147. The molecule has 3 nitrogen and oxygen atoms in total. The Morgan fingerprint density at radius 2 is 2.00 bits per heavy atom. The van der Waals surface area contributed by atoms with Crippen LogP contribution in [0.1, 0.15) is 33.6 Å². The molecule has 12 heavy (non-hydrogen) atoms. The van der Waals surface area contributed by atoms with Gasteiger partial charge in [0.1, 0.15) is 0 Å². The quantitative estimate of drug-likeness (QED) is 0.638. The van der Waals surface area contributed by atoms with E-state index in [4.69, 9.17) is 10.5 Å². The van der Waals surface area contributed by atoms with Crippen molar-refractivity contribution < 1.29 is 9.53 Å². The average Bonchev–Trinajstić information content (AvgIpc) is 1.99. The van der Waals surface area contributed by atoms with Crippen LogP contribution in [0.3, 0.4) is 0 Å². The second kappa shape index (κ2) is 6.00. The molecule has 0 rings (SSSR count). The molecule has 0 aliphatic rings. The molecule has 0 aromatic heterocycles. The van der Waals surface area contributed by atoms with Crippen LogP contribution >= 0.6 is 0 Å². The molecule has 0 amide bonds. The molecular formula is C9H19NO2. The van der Waals surface area contributed by atoms with Crippen molar-refractivity contribution in [2.24, 2.45) is 11.7 Å². The zero-order valence-electron chi connectivity index (χ0n) is 8.17. The molecule has 0 fully saturated rings. The van der Waals surface area contributed by atoms with Gasteiger partial charge in [-0.15, -0.1) is 0 Å². The monoisotopic (exact) mass is 173 g/mol. The Bertz CT molecular complexity index is 134. The van der Waals surface area contributed by atoms with E-state index in [0.29, 0.717) is 18.9 Å². The molecule has 3 heteroatoms. The summed E-state index contributed by atoms with van der Waals surface area (Å²) in [5.41, 5.74) is 5.41. The fourth-order valence-electron chi connectivity index (χ4n) is 0.804. The zero-order valence-corrected chi connectivity index (χ0v) is 8.17. The first-order chi connectivity index (χ1) is 5.56. The van der Waals surface area contributed by atoms with Crippen LogP contribution in [-0.4, -0.2) is 18.6 Å². The van der Waals surface area contributed by atoms with Crippen molar-refractivity contribution in [3.63, 3.8) is 0 Å². The van der Waals surface area contributed by atoms with Crippen LogP contribution in [0.15, 0.2) is 0 Å². The molecule has 0 aliphatic carbocycles. The van der Waals surface area contributed by atoms with E-state index in [1.165, 1.54) is 0 Å². The fraction of sp³-hybridized carbons (Fsp3) is 0.889. The Balaban J connectivity index is 3.44. The van der Waals surface area contributed by atoms with Crippen molar-refractivity contribution in [2.45, 2.75) is 39.7 Å². The predicted molar refractivity (Wildman–Crippen MR) is 48.7 cm³/mol. The first-order valence-electron chi connectivity index (χ1n) is 4.45. The number of hydrogen-bond acceptors (Lipinski definition) is 3. The summed E-state index contributed by atoms with van der Waals surface area (Å²) in [7, 11) is 0. The second-order valence-corrected chi connectivity index (χ2v) is 3.42. The van der Waals surface area contributed by atoms with Crippen molar-refractivity contribution in [1.29, 1.82) is 0 Å². The molecule has 0 aromatic rings. The van der Waals surface area contributed by atoms with Crippen LogP contribution in [0.4, 0.5) is 0 Å². The van der Waals surface area contributed by atoms with E-state index >= 15 is 0 Å². The van der Waals surface area contributed by atoms with Crippen LogP contribution in [-0.2, 0) is 9.53 Å². The van der Waals surface area contributed by atoms with E-state index in [9.17, 15) is 4.79 Å². The average molecular weight is 173 g/mol. The lowest BCUT2D eigenvalue weighted by Gasteiger charge is -2.09. The second-order valence-electron chi connectivity index (χ2n) is 3.42. The number of esters is 1. The van der Waals surface area contributed by atoms with Gasteiger partial charge in [-0.05, 0) is 32.7 Å². The van der Waals surface area contributed by atoms with E-state index in [2.05, 4.69) is 0 Å². The number of hydrogen-bond donors (Lipinski definition) is 1. The summed E-state index contributed by atoms with van der Waals surface area (Å²) < 4.78 is 4.97. The van der Waals surface area contributed by atoms with Crippen LogP contribution in [0.2, 0.25) is 0 Å². The van der Waals surface area contributed by atoms with Gasteiger partial charge >= 0.3 is 5.97 Å². The maximum absolute atomic E-state index is 11.0. The summed E-state index contributed by atoms with van der Waals surface area (Å²) in [5.74, 6) is 0.287. The molecule has 1 unspecified atom stereocenters. The Labute approximate surface area is 74.3 Å². The van der Waals surface area contributed by atoms with E-state index in [1.807, 2.05) is 20.8 Å². The van der Waals surface area contributed by atoms with Crippen molar-refractivity contribution in [2.75, 3.05) is 6.54 Å². The number of carbonyl (C=O) groups is 1. The van der Waals surface area contributed by atoms with Crippen LogP contribution in [0.5, 0.6) is 0 Å². The van der Waals surface area contributed by atoms with Crippen LogP contribution in [0.25, 0.3) is 0 Å². The molecule has 0 bridgehead atoms. The maximum atomic E-state index is 11.0. The Morgan fingerprint density at radius 3 is 2.42 bits per heavy atom. The van der Waals surface area contributed by atoms with Gasteiger partial charge < -0.3 is 10.5 Å². The van der Waals surface area contributed by atoms with Gasteiger partial charge in [0.2, 0.25) is 0 Å². The minimum Gasteiger partial charge on any atom is -0.463 e. The molecule has 2 N–H and O–H groups in total. The number of rotatable bonds is 5. The maximum Gasteiger partial charge on any atom is 0.306 e. The van der Waals surface area contributed by atoms with Crippen molar-refractivity contribution >= 4 is 5.97 Å². The number of carbonyl (C=O) groups excluding carboxylic acids is 1. The van der Waals surface area contributed by atoms with E-state index < -0.39 is 0 Å². The third-order valence-electron chi connectivity index (χ3n) is 1.61.